The minimum Gasteiger partial charge on any atom is -0.395 e. The molecular formula is C28H38FN5O3S. The molecule has 8 nitrogen and oxygen atoms in total. The second kappa shape index (κ2) is 13.2. The van der Waals surface area contributed by atoms with E-state index in [-0.39, 0.29) is 52.5 Å². The van der Waals surface area contributed by atoms with Gasteiger partial charge in [0.2, 0.25) is 5.91 Å². The quantitative estimate of drug-likeness (QED) is 0.398. The van der Waals surface area contributed by atoms with Gasteiger partial charge in [-0.15, -0.1) is 0 Å². The van der Waals surface area contributed by atoms with Gasteiger partial charge < -0.3 is 21.3 Å². The lowest BCUT2D eigenvalue weighted by molar-refractivity contribution is -0.126. The van der Waals surface area contributed by atoms with Gasteiger partial charge in [-0.25, -0.2) is 4.39 Å². The van der Waals surface area contributed by atoms with Crippen molar-refractivity contribution in [1.82, 2.24) is 19.9 Å². The smallest absolute Gasteiger partial charge is 0.273 e. The minimum atomic E-state index is -0.737. The van der Waals surface area contributed by atoms with E-state index in [9.17, 15) is 18.8 Å². The van der Waals surface area contributed by atoms with Crippen molar-refractivity contribution < 1.29 is 18.8 Å². The number of anilines is 1. The number of nitrogens with zero attached hydrogens (tertiary/aromatic N) is 2. The molecule has 0 bridgehead atoms. The number of carbonyl (C=O) groups is 3. The monoisotopic (exact) mass is 543 g/mol. The Morgan fingerprint density at radius 3 is 2.26 bits per heavy atom. The van der Waals surface area contributed by atoms with Crippen molar-refractivity contribution in [3.05, 3.63) is 46.2 Å². The van der Waals surface area contributed by atoms with Crippen LogP contribution in [0.5, 0.6) is 0 Å². The highest BCUT2D eigenvalue weighted by atomic mass is 32.1. The maximum absolute atomic E-state index is 14.0. The third kappa shape index (κ3) is 6.89. The molecule has 4 rings (SSSR count). The van der Waals surface area contributed by atoms with Gasteiger partial charge in [0.1, 0.15) is 16.7 Å². The second-order valence-electron chi connectivity index (χ2n) is 10.4. The maximum atomic E-state index is 14.0. The third-order valence-corrected chi connectivity index (χ3v) is 8.40. The second-order valence-corrected chi connectivity index (χ2v) is 11.2. The first-order valence-corrected chi connectivity index (χ1v) is 14.6. The highest BCUT2D eigenvalue weighted by Crippen LogP contribution is 2.28. The molecule has 1 atom stereocenters. The summed E-state index contributed by atoms with van der Waals surface area (Å²) in [7, 11) is 0. The fourth-order valence-electron chi connectivity index (χ4n) is 5.43. The van der Waals surface area contributed by atoms with Crippen LogP contribution in [0.15, 0.2) is 24.3 Å². The molecule has 206 valence electrons. The van der Waals surface area contributed by atoms with Crippen molar-refractivity contribution in [3.63, 3.8) is 0 Å². The van der Waals surface area contributed by atoms with Crippen LogP contribution in [-0.2, 0) is 11.3 Å². The molecular weight excluding hydrogens is 505 g/mol. The third-order valence-electron chi connectivity index (χ3n) is 7.55. The molecule has 0 spiro atoms. The van der Waals surface area contributed by atoms with Crippen LogP contribution in [0, 0.1) is 5.82 Å². The van der Waals surface area contributed by atoms with Crippen molar-refractivity contribution in [3.8, 4) is 0 Å². The first-order chi connectivity index (χ1) is 18.4. The number of rotatable bonds is 10. The fraction of sp³-hybridized carbons (Fsp3) is 0.571. The minimum absolute atomic E-state index is 0.0314. The van der Waals surface area contributed by atoms with Crippen molar-refractivity contribution in [2.24, 2.45) is 0 Å². The van der Waals surface area contributed by atoms with E-state index in [4.69, 9.17) is 5.73 Å². The number of nitrogens with one attached hydrogen (secondary N) is 2. The zero-order chi connectivity index (χ0) is 27.1. The van der Waals surface area contributed by atoms with E-state index in [1.165, 1.54) is 23.5 Å². The van der Waals surface area contributed by atoms with Gasteiger partial charge in [0.25, 0.3) is 11.8 Å². The van der Waals surface area contributed by atoms with Gasteiger partial charge in [0.05, 0.1) is 5.69 Å². The number of hydrogen-bond acceptors (Lipinski definition) is 6. The Morgan fingerprint density at radius 1 is 1.03 bits per heavy atom. The van der Waals surface area contributed by atoms with Crippen LogP contribution in [0.1, 0.15) is 103 Å². The largest absolute Gasteiger partial charge is 0.395 e. The van der Waals surface area contributed by atoms with Crippen LogP contribution in [-0.4, -0.2) is 45.1 Å². The fourth-order valence-corrected chi connectivity index (χ4v) is 6.18. The van der Waals surface area contributed by atoms with Crippen LogP contribution < -0.4 is 16.4 Å². The first-order valence-electron chi connectivity index (χ1n) is 13.8. The summed E-state index contributed by atoms with van der Waals surface area (Å²) in [4.78, 5) is 42.0. The van der Waals surface area contributed by atoms with Crippen LogP contribution in [0.2, 0.25) is 0 Å². The Morgan fingerprint density at radius 2 is 1.63 bits per heavy atom. The van der Waals surface area contributed by atoms with E-state index in [1.807, 2.05) is 6.92 Å². The molecule has 2 aliphatic rings. The summed E-state index contributed by atoms with van der Waals surface area (Å²) < 4.78 is 17.8. The summed E-state index contributed by atoms with van der Waals surface area (Å²) in [6, 6.07) is 5.33. The lowest BCUT2D eigenvalue weighted by Crippen LogP contribution is -2.51. The van der Waals surface area contributed by atoms with Crippen molar-refractivity contribution in [2.75, 3.05) is 5.73 Å². The Hall–Kier alpha value is -3.01. The number of halogens is 1. The van der Waals surface area contributed by atoms with Gasteiger partial charge in [0, 0.05) is 18.6 Å². The van der Waals surface area contributed by atoms with Crippen LogP contribution >= 0.6 is 11.5 Å². The maximum Gasteiger partial charge on any atom is 0.273 e. The predicted molar refractivity (Wildman–Crippen MR) is 146 cm³/mol. The first kappa shape index (κ1) is 28.0. The van der Waals surface area contributed by atoms with Crippen molar-refractivity contribution >= 4 is 34.9 Å². The van der Waals surface area contributed by atoms with Crippen LogP contribution in [0.25, 0.3) is 0 Å². The molecule has 1 aromatic heterocycles. The summed E-state index contributed by atoms with van der Waals surface area (Å²) >= 11 is 0.877. The lowest BCUT2D eigenvalue weighted by Gasteiger charge is -2.31. The molecule has 2 aliphatic carbocycles. The van der Waals surface area contributed by atoms with E-state index in [0.29, 0.717) is 18.4 Å². The average molecular weight is 544 g/mol. The van der Waals surface area contributed by atoms with E-state index in [2.05, 4.69) is 15.0 Å². The Kier molecular flexibility index (Phi) is 9.71. The van der Waals surface area contributed by atoms with E-state index in [0.717, 1.165) is 62.9 Å². The molecule has 1 heterocycles. The average Bonchev–Trinajstić information content (AvgIpc) is 3.57. The molecule has 0 unspecified atom stereocenters. The number of amides is 3. The van der Waals surface area contributed by atoms with Gasteiger partial charge in [0.15, 0.2) is 5.69 Å². The van der Waals surface area contributed by atoms with Gasteiger partial charge in [-0.1, -0.05) is 57.6 Å². The number of hydrogen-bond donors (Lipinski definition) is 3. The summed E-state index contributed by atoms with van der Waals surface area (Å²) in [6.07, 6.45) is 10.3. The highest BCUT2D eigenvalue weighted by Gasteiger charge is 2.35. The lowest BCUT2D eigenvalue weighted by atomic mass is 9.95. The number of carbonyl (C=O) groups excluding carboxylic acids is 3. The Balaban J connectivity index is 1.59. The van der Waals surface area contributed by atoms with Crippen molar-refractivity contribution in [2.45, 2.75) is 102 Å². The van der Waals surface area contributed by atoms with E-state index in [1.54, 1.807) is 12.1 Å². The van der Waals surface area contributed by atoms with Gasteiger partial charge in [-0.05, 0) is 61.3 Å². The summed E-state index contributed by atoms with van der Waals surface area (Å²) in [5, 5.41) is 6.13. The summed E-state index contributed by atoms with van der Waals surface area (Å²) in [6.45, 7) is 2.06. The molecule has 3 amide bonds. The van der Waals surface area contributed by atoms with Gasteiger partial charge in [-0.2, -0.15) is 4.37 Å². The van der Waals surface area contributed by atoms with E-state index >= 15 is 0 Å². The molecule has 0 radical (unpaired) electrons. The summed E-state index contributed by atoms with van der Waals surface area (Å²) in [5.74, 6) is -1.41. The van der Waals surface area contributed by atoms with Gasteiger partial charge >= 0.3 is 0 Å². The zero-order valence-electron chi connectivity index (χ0n) is 22.0. The molecule has 0 saturated heterocycles. The number of benzene rings is 1. The molecule has 1 aromatic carbocycles. The van der Waals surface area contributed by atoms with Crippen molar-refractivity contribution in [1.29, 1.82) is 0 Å². The molecule has 38 heavy (non-hydrogen) atoms. The van der Waals surface area contributed by atoms with Crippen LogP contribution in [0.3, 0.4) is 0 Å². The number of nitrogen functional groups attached to an aromatic ring is 1. The molecule has 10 heteroatoms. The summed E-state index contributed by atoms with van der Waals surface area (Å²) in [5.41, 5.74) is 7.10. The topological polar surface area (TPSA) is 117 Å². The molecule has 2 aromatic rings. The van der Waals surface area contributed by atoms with Crippen LogP contribution in [0.4, 0.5) is 10.1 Å². The van der Waals surface area contributed by atoms with Gasteiger partial charge in [-0.3, -0.25) is 14.4 Å². The zero-order valence-corrected chi connectivity index (χ0v) is 22.8. The SMILES string of the molecule is CCC[C@H](C(=O)NC1CCCC1)N(Cc1ccc(F)cc1)C(=O)c1snc(C(=O)NC2CCCCC2)c1N. The Labute approximate surface area is 227 Å². The highest BCUT2D eigenvalue weighted by molar-refractivity contribution is 7.09. The molecule has 4 N–H and O–H groups in total. The number of aromatic nitrogens is 1. The molecule has 2 saturated carbocycles. The normalized spacial score (nSPS) is 17.2. The number of nitrogens with two attached hydrogens (primary N) is 1. The van der Waals surface area contributed by atoms with E-state index < -0.39 is 11.9 Å². The predicted octanol–water partition coefficient (Wildman–Crippen LogP) is 4.80. The molecule has 0 aliphatic heterocycles. The standard InChI is InChI=1S/C28H38FN5O3S/c1-2-8-22(26(35)31-20-11-6-7-12-20)34(17-18-13-15-19(29)16-14-18)28(37)25-23(30)24(33-38-25)27(36)32-21-9-4-3-5-10-21/h13-16,20-22H,2-12,17,30H2,1H3,(H,31,35)(H,32,36)/t22-/m1/s1. The Bertz CT molecular complexity index is 1110. The molecule has 2 fully saturated rings.